The van der Waals surface area contributed by atoms with Crippen molar-refractivity contribution in [3.63, 3.8) is 0 Å². The minimum Gasteiger partial charge on any atom is -0.252 e. The Morgan fingerprint density at radius 1 is 1.17 bits per heavy atom. The zero-order valence-corrected chi connectivity index (χ0v) is 16.2. The first-order valence-electron chi connectivity index (χ1n) is 7.11. The van der Waals surface area contributed by atoms with Gasteiger partial charge in [0.25, 0.3) is 0 Å². The van der Waals surface area contributed by atoms with Crippen LogP contribution in [0.3, 0.4) is 0 Å². The molecule has 2 aromatic heterocycles. The van der Waals surface area contributed by atoms with Crippen LogP contribution in [0.5, 0.6) is 0 Å². The van der Waals surface area contributed by atoms with Crippen molar-refractivity contribution < 1.29 is 0 Å². The number of anilines is 1. The van der Waals surface area contributed by atoms with E-state index < -0.39 is 0 Å². The van der Waals surface area contributed by atoms with E-state index in [1.807, 2.05) is 55.6 Å². The Morgan fingerprint density at radius 3 is 2.67 bits per heavy atom. The third kappa shape index (κ3) is 4.34. The number of aromatic nitrogens is 1. The fourth-order valence-electron chi connectivity index (χ4n) is 1.81. The number of aryl methyl sites for hydroxylation is 1. The lowest BCUT2D eigenvalue weighted by Crippen LogP contribution is -1.96. The first-order chi connectivity index (χ1) is 11.6. The van der Waals surface area contributed by atoms with Crippen LogP contribution in [0.1, 0.15) is 17.5 Å². The molecule has 0 saturated heterocycles. The van der Waals surface area contributed by atoms with Crippen LogP contribution in [0.15, 0.2) is 61.6 Å². The second-order valence-corrected chi connectivity index (χ2v) is 7.71. The second-order valence-electron chi connectivity index (χ2n) is 4.87. The number of benzene rings is 1. The molecular weight excluding hydrogens is 406 g/mol. The second kappa shape index (κ2) is 7.78. The SMILES string of the molecule is C/C(=N\Nc1nc(C)c(N=Nc2ccc(Br)cc2)s1)c1cccs1. The molecule has 0 unspecified atom stereocenters. The highest BCUT2D eigenvalue weighted by atomic mass is 79.9. The molecule has 8 heteroatoms. The molecule has 0 aliphatic carbocycles. The number of nitrogens with one attached hydrogen (secondary N) is 1. The van der Waals surface area contributed by atoms with Gasteiger partial charge in [0.05, 0.1) is 17.1 Å². The van der Waals surface area contributed by atoms with E-state index in [0.29, 0.717) is 5.13 Å². The van der Waals surface area contributed by atoms with Crippen LogP contribution in [0.25, 0.3) is 0 Å². The number of hydrazone groups is 1. The number of hydrogen-bond acceptors (Lipinski definition) is 7. The van der Waals surface area contributed by atoms with Crippen LogP contribution in [0.4, 0.5) is 15.8 Å². The van der Waals surface area contributed by atoms with Gasteiger partial charge in [-0.3, -0.25) is 5.43 Å². The van der Waals surface area contributed by atoms with Crippen molar-refractivity contribution >= 4 is 60.1 Å². The molecule has 0 aliphatic rings. The highest BCUT2D eigenvalue weighted by Gasteiger charge is 2.07. The molecule has 0 amide bonds. The maximum absolute atomic E-state index is 4.43. The highest BCUT2D eigenvalue weighted by molar-refractivity contribution is 9.10. The van der Waals surface area contributed by atoms with Gasteiger partial charge in [0, 0.05) is 9.35 Å². The molecule has 5 nitrogen and oxygen atoms in total. The Bertz CT molecular complexity index is 867. The largest absolute Gasteiger partial charge is 0.252 e. The van der Waals surface area contributed by atoms with Crippen LogP contribution < -0.4 is 5.43 Å². The first kappa shape index (κ1) is 16.9. The zero-order chi connectivity index (χ0) is 16.9. The molecule has 1 aromatic carbocycles. The van der Waals surface area contributed by atoms with Gasteiger partial charge in [-0.1, -0.05) is 33.3 Å². The number of halogens is 1. The molecule has 0 spiro atoms. The van der Waals surface area contributed by atoms with Crippen molar-refractivity contribution in [1.82, 2.24) is 4.98 Å². The number of rotatable bonds is 5. The average Bonchev–Trinajstić information content (AvgIpc) is 3.22. The molecule has 3 rings (SSSR count). The van der Waals surface area contributed by atoms with E-state index in [1.54, 1.807) is 11.3 Å². The van der Waals surface area contributed by atoms with Crippen molar-refractivity contribution in [2.45, 2.75) is 13.8 Å². The normalized spacial score (nSPS) is 12.0. The van der Waals surface area contributed by atoms with Crippen LogP contribution in [-0.2, 0) is 0 Å². The molecule has 0 saturated carbocycles. The summed E-state index contributed by atoms with van der Waals surface area (Å²) in [6.45, 7) is 3.88. The van der Waals surface area contributed by atoms with E-state index in [1.165, 1.54) is 11.3 Å². The van der Waals surface area contributed by atoms with Gasteiger partial charge in [-0.25, -0.2) is 4.98 Å². The maximum atomic E-state index is 4.43. The summed E-state index contributed by atoms with van der Waals surface area (Å²) in [4.78, 5) is 5.56. The quantitative estimate of drug-likeness (QED) is 0.290. The van der Waals surface area contributed by atoms with Gasteiger partial charge in [-0.05, 0) is 49.6 Å². The standard InChI is InChI=1S/C16H14BrN5S2/c1-10(14-4-3-9-23-14)19-22-16-18-11(2)15(24-16)21-20-13-7-5-12(17)6-8-13/h3-9H,1-2H3,(H,18,22)/b19-10+,21-20?. The van der Waals surface area contributed by atoms with Crippen LogP contribution >= 0.6 is 38.6 Å². The van der Waals surface area contributed by atoms with E-state index >= 15 is 0 Å². The first-order valence-corrected chi connectivity index (χ1v) is 9.59. The molecule has 1 N–H and O–H groups in total. The third-order valence-electron chi connectivity index (χ3n) is 3.05. The van der Waals surface area contributed by atoms with Crippen molar-refractivity contribution in [3.05, 3.63) is 56.8 Å². The Kier molecular flexibility index (Phi) is 5.49. The number of nitrogens with zero attached hydrogens (tertiary/aromatic N) is 4. The van der Waals surface area contributed by atoms with Crippen LogP contribution in [0, 0.1) is 6.92 Å². The molecule has 3 aromatic rings. The number of thiophene rings is 1. The van der Waals surface area contributed by atoms with Crippen molar-refractivity contribution in [3.8, 4) is 0 Å². The zero-order valence-electron chi connectivity index (χ0n) is 13.0. The lowest BCUT2D eigenvalue weighted by molar-refractivity contribution is 1.18. The predicted molar refractivity (Wildman–Crippen MR) is 105 cm³/mol. The van der Waals surface area contributed by atoms with Crippen molar-refractivity contribution in [1.29, 1.82) is 0 Å². The molecule has 2 heterocycles. The highest BCUT2D eigenvalue weighted by Crippen LogP contribution is 2.32. The summed E-state index contributed by atoms with van der Waals surface area (Å²) in [5, 5.41) is 16.4. The molecule has 0 aliphatic heterocycles. The summed E-state index contributed by atoms with van der Waals surface area (Å²) in [7, 11) is 0. The van der Waals surface area contributed by atoms with Gasteiger partial charge < -0.3 is 0 Å². The van der Waals surface area contributed by atoms with Gasteiger partial charge in [-0.15, -0.1) is 21.6 Å². The minimum atomic E-state index is 0.702. The smallest absolute Gasteiger partial charge is 0.205 e. The van der Waals surface area contributed by atoms with Gasteiger partial charge >= 0.3 is 0 Å². The number of azo groups is 1. The van der Waals surface area contributed by atoms with E-state index in [2.05, 4.69) is 41.7 Å². The summed E-state index contributed by atoms with van der Waals surface area (Å²) in [5.74, 6) is 0. The van der Waals surface area contributed by atoms with Gasteiger partial charge in [0.2, 0.25) is 5.13 Å². The topological polar surface area (TPSA) is 62.0 Å². The van der Waals surface area contributed by atoms with E-state index in [9.17, 15) is 0 Å². The number of hydrogen-bond donors (Lipinski definition) is 1. The predicted octanol–water partition coefficient (Wildman–Crippen LogP) is 6.53. The summed E-state index contributed by atoms with van der Waals surface area (Å²) in [6, 6.07) is 11.7. The average molecular weight is 420 g/mol. The van der Waals surface area contributed by atoms with E-state index in [-0.39, 0.29) is 0 Å². The molecule has 0 radical (unpaired) electrons. The monoisotopic (exact) mass is 419 g/mol. The van der Waals surface area contributed by atoms with E-state index in [0.717, 1.165) is 31.4 Å². The van der Waals surface area contributed by atoms with Crippen LogP contribution in [0.2, 0.25) is 0 Å². The Hall–Kier alpha value is -1.90. The van der Waals surface area contributed by atoms with Gasteiger partial charge in [0.1, 0.15) is 0 Å². The summed E-state index contributed by atoms with van der Waals surface area (Å²) < 4.78 is 1.01. The lowest BCUT2D eigenvalue weighted by Gasteiger charge is -1.96. The Balaban J connectivity index is 1.71. The Morgan fingerprint density at radius 2 is 1.96 bits per heavy atom. The summed E-state index contributed by atoms with van der Waals surface area (Å²) in [6.07, 6.45) is 0. The third-order valence-corrected chi connectivity index (χ3v) is 5.51. The maximum Gasteiger partial charge on any atom is 0.205 e. The van der Waals surface area contributed by atoms with E-state index in [4.69, 9.17) is 0 Å². The van der Waals surface area contributed by atoms with Gasteiger partial charge in [-0.2, -0.15) is 5.10 Å². The fourth-order valence-corrected chi connectivity index (χ4v) is 3.48. The number of thiazole rings is 1. The Labute approximate surface area is 156 Å². The minimum absolute atomic E-state index is 0.702. The van der Waals surface area contributed by atoms with Gasteiger partial charge in [0.15, 0.2) is 5.00 Å². The molecular formula is C16H14BrN5S2. The molecule has 24 heavy (non-hydrogen) atoms. The summed E-state index contributed by atoms with van der Waals surface area (Å²) >= 11 is 6.48. The molecule has 0 atom stereocenters. The fraction of sp³-hybridized carbons (Fsp3) is 0.125. The lowest BCUT2D eigenvalue weighted by atomic mass is 10.3. The molecule has 122 valence electrons. The van der Waals surface area contributed by atoms with Crippen molar-refractivity contribution in [2.75, 3.05) is 5.43 Å². The summed E-state index contributed by atoms with van der Waals surface area (Å²) in [5.41, 5.74) is 5.54. The molecule has 0 bridgehead atoms. The molecule has 0 fully saturated rings. The van der Waals surface area contributed by atoms with Crippen LogP contribution in [-0.4, -0.2) is 10.7 Å². The van der Waals surface area contributed by atoms with Crippen molar-refractivity contribution in [2.24, 2.45) is 15.3 Å².